The lowest BCUT2D eigenvalue weighted by Crippen LogP contribution is -2.07. The molecule has 0 spiro atoms. The molecule has 0 amide bonds. The smallest absolute Gasteiger partial charge is 0.106 e. The Morgan fingerprint density at radius 1 is 1.45 bits per heavy atom. The minimum atomic E-state index is 0.643. The third-order valence-electron chi connectivity index (χ3n) is 2.69. The lowest BCUT2D eigenvalue weighted by molar-refractivity contribution is 0.212. The fourth-order valence-electron chi connectivity index (χ4n) is 2.13. The molecule has 2 aliphatic rings. The monoisotopic (exact) mass is 151 g/mol. The Balaban J connectivity index is 1.98. The Hall–Kier alpha value is -0.790. The van der Waals surface area contributed by atoms with Crippen LogP contribution in [-0.2, 0) is 4.84 Å². The van der Waals surface area contributed by atoms with Crippen LogP contribution in [0.2, 0.25) is 0 Å². The van der Waals surface area contributed by atoms with Gasteiger partial charge in [-0.3, -0.25) is 0 Å². The first kappa shape index (κ1) is 6.89. The van der Waals surface area contributed by atoms with Gasteiger partial charge in [0.05, 0.1) is 0 Å². The predicted octanol–water partition coefficient (Wildman–Crippen LogP) is 1.83. The van der Waals surface area contributed by atoms with Crippen molar-refractivity contribution in [1.82, 2.24) is 0 Å². The van der Waals surface area contributed by atoms with Crippen molar-refractivity contribution in [2.75, 3.05) is 7.11 Å². The van der Waals surface area contributed by atoms with Gasteiger partial charge in [0.15, 0.2) is 0 Å². The summed E-state index contributed by atoms with van der Waals surface area (Å²) < 4.78 is 0. The van der Waals surface area contributed by atoms with E-state index >= 15 is 0 Å². The Labute approximate surface area is 66.9 Å². The summed E-state index contributed by atoms with van der Waals surface area (Å²) in [6, 6.07) is 0. The zero-order chi connectivity index (χ0) is 7.68. The van der Waals surface area contributed by atoms with Gasteiger partial charge in [-0.15, -0.1) is 0 Å². The third-order valence-corrected chi connectivity index (χ3v) is 2.69. The zero-order valence-electron chi connectivity index (χ0n) is 6.73. The zero-order valence-corrected chi connectivity index (χ0v) is 6.73. The van der Waals surface area contributed by atoms with E-state index in [0.717, 1.165) is 11.8 Å². The summed E-state index contributed by atoms with van der Waals surface area (Å²) in [5, 5.41) is 3.81. The molecule has 0 aromatic heterocycles. The summed E-state index contributed by atoms with van der Waals surface area (Å²) in [6.45, 7) is 0. The van der Waals surface area contributed by atoms with E-state index in [1.807, 2.05) is 6.21 Å². The van der Waals surface area contributed by atoms with E-state index in [1.54, 1.807) is 7.11 Å². The Morgan fingerprint density at radius 3 is 2.91 bits per heavy atom. The number of oxime groups is 1. The first-order valence-electron chi connectivity index (χ1n) is 4.15. The molecule has 2 aliphatic carbocycles. The number of hydrogen-bond acceptors (Lipinski definition) is 2. The van der Waals surface area contributed by atoms with Gasteiger partial charge in [-0.05, 0) is 24.7 Å². The first-order valence-corrected chi connectivity index (χ1v) is 4.15. The van der Waals surface area contributed by atoms with Crippen molar-refractivity contribution in [2.24, 2.45) is 22.9 Å². The second-order valence-electron chi connectivity index (χ2n) is 3.38. The molecule has 2 rings (SSSR count). The van der Waals surface area contributed by atoms with Crippen LogP contribution in [0.25, 0.3) is 0 Å². The Morgan fingerprint density at radius 2 is 2.36 bits per heavy atom. The number of nitrogens with zero attached hydrogens (tertiary/aromatic N) is 1. The summed E-state index contributed by atoms with van der Waals surface area (Å²) in [4.78, 5) is 4.66. The highest BCUT2D eigenvalue weighted by molar-refractivity contribution is 5.62. The summed E-state index contributed by atoms with van der Waals surface area (Å²) >= 11 is 0. The number of allylic oxidation sites excluding steroid dienone is 2. The van der Waals surface area contributed by atoms with Crippen LogP contribution < -0.4 is 0 Å². The van der Waals surface area contributed by atoms with Gasteiger partial charge < -0.3 is 4.84 Å². The normalized spacial score (nSPS) is 40.6. The topological polar surface area (TPSA) is 21.6 Å². The van der Waals surface area contributed by atoms with Gasteiger partial charge in [0.25, 0.3) is 0 Å². The van der Waals surface area contributed by atoms with Gasteiger partial charge >= 0.3 is 0 Å². The fourth-order valence-corrected chi connectivity index (χ4v) is 2.13. The van der Waals surface area contributed by atoms with Crippen LogP contribution in [0, 0.1) is 17.8 Å². The van der Waals surface area contributed by atoms with Crippen LogP contribution in [-0.4, -0.2) is 13.3 Å². The van der Waals surface area contributed by atoms with Crippen molar-refractivity contribution in [1.29, 1.82) is 0 Å². The van der Waals surface area contributed by atoms with Crippen molar-refractivity contribution in [3.63, 3.8) is 0 Å². The van der Waals surface area contributed by atoms with E-state index < -0.39 is 0 Å². The van der Waals surface area contributed by atoms with E-state index in [4.69, 9.17) is 0 Å². The van der Waals surface area contributed by atoms with Gasteiger partial charge in [0, 0.05) is 12.1 Å². The molecule has 0 saturated heterocycles. The Kier molecular flexibility index (Phi) is 1.68. The molecule has 1 saturated carbocycles. The second kappa shape index (κ2) is 2.68. The van der Waals surface area contributed by atoms with Crippen LogP contribution in [0.5, 0.6) is 0 Å². The molecule has 1 unspecified atom stereocenters. The van der Waals surface area contributed by atoms with E-state index in [1.165, 1.54) is 12.8 Å². The molecule has 0 radical (unpaired) electrons. The van der Waals surface area contributed by atoms with Gasteiger partial charge in [-0.1, -0.05) is 17.3 Å². The summed E-state index contributed by atoms with van der Waals surface area (Å²) in [5.41, 5.74) is 0. The maximum Gasteiger partial charge on any atom is 0.106 e. The van der Waals surface area contributed by atoms with Crippen LogP contribution in [0.15, 0.2) is 17.3 Å². The Bertz CT molecular complexity index is 198. The van der Waals surface area contributed by atoms with Gasteiger partial charge in [0.2, 0.25) is 0 Å². The fraction of sp³-hybridized carbons (Fsp3) is 0.667. The molecule has 2 bridgehead atoms. The van der Waals surface area contributed by atoms with E-state index in [2.05, 4.69) is 22.1 Å². The van der Waals surface area contributed by atoms with E-state index in [-0.39, 0.29) is 0 Å². The van der Waals surface area contributed by atoms with Crippen molar-refractivity contribution in [3.8, 4) is 0 Å². The molecule has 2 heteroatoms. The maximum absolute atomic E-state index is 4.66. The highest BCUT2D eigenvalue weighted by atomic mass is 16.6. The highest BCUT2D eigenvalue weighted by Gasteiger charge is 2.34. The van der Waals surface area contributed by atoms with Crippen LogP contribution >= 0.6 is 0 Å². The summed E-state index contributed by atoms with van der Waals surface area (Å²) in [6.07, 6.45) is 9.21. The highest BCUT2D eigenvalue weighted by Crippen LogP contribution is 2.42. The molecule has 0 aromatic rings. The average molecular weight is 151 g/mol. The lowest BCUT2D eigenvalue weighted by Gasteiger charge is -2.10. The standard InChI is InChI=1S/C9H13NO/c1-11-10-6-9-5-7-2-3-8(9)4-7/h2-3,6-9H,4-5H2,1H3/b10-6+/t7-,8+,9?/m0/s1. The molecule has 11 heavy (non-hydrogen) atoms. The number of fused-ring (bicyclic) bond motifs is 2. The quantitative estimate of drug-likeness (QED) is 0.335. The molecule has 3 atom stereocenters. The molecule has 0 N–H and O–H groups in total. The third kappa shape index (κ3) is 1.17. The van der Waals surface area contributed by atoms with Crippen molar-refractivity contribution in [2.45, 2.75) is 12.8 Å². The minimum Gasteiger partial charge on any atom is -0.399 e. The molecule has 60 valence electrons. The largest absolute Gasteiger partial charge is 0.399 e. The SMILES string of the molecule is CO/N=C/C1C[C@H]2C=C[C@@H]1C2. The molecule has 0 heterocycles. The number of hydrogen-bond donors (Lipinski definition) is 0. The molecule has 1 fully saturated rings. The summed E-state index contributed by atoms with van der Waals surface area (Å²) in [5.74, 6) is 2.22. The van der Waals surface area contributed by atoms with E-state index in [9.17, 15) is 0 Å². The summed E-state index contributed by atoms with van der Waals surface area (Å²) in [7, 11) is 1.60. The van der Waals surface area contributed by atoms with Gasteiger partial charge in [-0.2, -0.15) is 0 Å². The average Bonchev–Trinajstić information content (AvgIpc) is 2.60. The van der Waals surface area contributed by atoms with Crippen LogP contribution in [0.1, 0.15) is 12.8 Å². The molecule has 0 aliphatic heterocycles. The van der Waals surface area contributed by atoms with Crippen LogP contribution in [0.4, 0.5) is 0 Å². The molecule has 0 aromatic carbocycles. The van der Waals surface area contributed by atoms with Gasteiger partial charge in [-0.25, -0.2) is 0 Å². The van der Waals surface area contributed by atoms with E-state index in [0.29, 0.717) is 5.92 Å². The number of rotatable bonds is 2. The maximum atomic E-state index is 4.66. The predicted molar refractivity (Wildman–Crippen MR) is 44.3 cm³/mol. The van der Waals surface area contributed by atoms with Crippen molar-refractivity contribution >= 4 is 6.21 Å². The first-order chi connectivity index (χ1) is 5.40. The van der Waals surface area contributed by atoms with Gasteiger partial charge in [0.1, 0.15) is 7.11 Å². The van der Waals surface area contributed by atoms with Crippen molar-refractivity contribution in [3.05, 3.63) is 12.2 Å². The molecular formula is C9H13NO. The minimum absolute atomic E-state index is 0.643. The lowest BCUT2D eigenvalue weighted by atomic mass is 9.95. The molecule has 2 nitrogen and oxygen atoms in total. The molecular weight excluding hydrogens is 138 g/mol. The second-order valence-corrected chi connectivity index (χ2v) is 3.38. The van der Waals surface area contributed by atoms with Crippen molar-refractivity contribution < 1.29 is 4.84 Å². The van der Waals surface area contributed by atoms with Crippen LogP contribution in [0.3, 0.4) is 0 Å².